The zero-order chi connectivity index (χ0) is 14.0. The second-order valence-electron chi connectivity index (χ2n) is 5.60. The van der Waals surface area contributed by atoms with E-state index in [1.54, 1.807) is 0 Å². The van der Waals surface area contributed by atoms with Crippen molar-refractivity contribution < 1.29 is 5.11 Å². The molecule has 2 unspecified atom stereocenters. The summed E-state index contributed by atoms with van der Waals surface area (Å²) in [5, 5.41) is 9.31. The minimum Gasteiger partial charge on any atom is -0.396 e. The highest BCUT2D eigenvalue weighted by Crippen LogP contribution is 2.33. The van der Waals surface area contributed by atoms with Crippen molar-refractivity contribution in [3.8, 4) is 0 Å². The number of aliphatic hydroxyl groups excluding tert-OH is 1. The molecule has 2 atom stereocenters. The number of hydrogen-bond acceptors (Lipinski definition) is 3. The van der Waals surface area contributed by atoms with E-state index in [1.807, 2.05) is 0 Å². The SMILES string of the molecule is Cc1ccc(N2C(C)CN(C)CC2CCO)c(Br)c1. The summed E-state index contributed by atoms with van der Waals surface area (Å²) in [6.07, 6.45) is 0.814. The van der Waals surface area contributed by atoms with Crippen LogP contribution in [0.2, 0.25) is 0 Å². The zero-order valence-corrected chi connectivity index (χ0v) is 13.5. The van der Waals surface area contributed by atoms with Crippen molar-refractivity contribution in [2.45, 2.75) is 32.4 Å². The monoisotopic (exact) mass is 326 g/mol. The van der Waals surface area contributed by atoms with Gasteiger partial charge in [0.25, 0.3) is 0 Å². The van der Waals surface area contributed by atoms with Gasteiger partial charge in [-0.05, 0) is 60.9 Å². The molecule has 2 rings (SSSR count). The molecule has 4 heteroatoms. The minimum absolute atomic E-state index is 0.241. The van der Waals surface area contributed by atoms with Crippen molar-refractivity contribution in [3.05, 3.63) is 28.2 Å². The summed E-state index contributed by atoms with van der Waals surface area (Å²) in [4.78, 5) is 4.81. The Morgan fingerprint density at radius 2 is 2.11 bits per heavy atom. The Kier molecular flexibility index (Phi) is 4.87. The van der Waals surface area contributed by atoms with E-state index in [4.69, 9.17) is 0 Å². The lowest BCUT2D eigenvalue weighted by atomic mass is 10.0. The minimum atomic E-state index is 0.241. The summed E-state index contributed by atoms with van der Waals surface area (Å²) < 4.78 is 1.15. The van der Waals surface area contributed by atoms with Crippen molar-refractivity contribution in [3.63, 3.8) is 0 Å². The number of halogens is 1. The number of hydrogen-bond donors (Lipinski definition) is 1. The van der Waals surface area contributed by atoms with E-state index in [0.717, 1.165) is 24.0 Å². The van der Waals surface area contributed by atoms with Gasteiger partial charge in [0.1, 0.15) is 0 Å². The summed E-state index contributed by atoms with van der Waals surface area (Å²) in [5.74, 6) is 0. The van der Waals surface area contributed by atoms with Gasteiger partial charge < -0.3 is 14.9 Å². The molecule has 1 aromatic carbocycles. The van der Waals surface area contributed by atoms with Crippen LogP contribution in [-0.2, 0) is 0 Å². The number of aryl methyl sites for hydroxylation is 1. The van der Waals surface area contributed by atoms with Crippen LogP contribution < -0.4 is 4.90 Å². The Morgan fingerprint density at radius 1 is 1.37 bits per heavy atom. The topological polar surface area (TPSA) is 26.7 Å². The number of nitrogens with zero attached hydrogens (tertiary/aromatic N) is 2. The van der Waals surface area contributed by atoms with Gasteiger partial charge in [-0.25, -0.2) is 0 Å². The van der Waals surface area contributed by atoms with E-state index < -0.39 is 0 Å². The van der Waals surface area contributed by atoms with Crippen LogP contribution in [0.5, 0.6) is 0 Å². The van der Waals surface area contributed by atoms with E-state index in [1.165, 1.54) is 11.3 Å². The fourth-order valence-corrected chi connectivity index (χ4v) is 3.75. The van der Waals surface area contributed by atoms with Gasteiger partial charge in [0.05, 0.1) is 5.69 Å². The van der Waals surface area contributed by atoms with Crippen LogP contribution in [0.3, 0.4) is 0 Å². The second-order valence-corrected chi connectivity index (χ2v) is 6.45. The molecule has 1 aliphatic rings. The number of rotatable bonds is 3. The van der Waals surface area contributed by atoms with Gasteiger partial charge >= 0.3 is 0 Å². The standard InChI is InChI=1S/C15H23BrN2O/c1-11-4-5-15(14(16)8-11)18-12(2)9-17(3)10-13(18)6-7-19/h4-5,8,12-13,19H,6-7,9-10H2,1-3H3. The first kappa shape index (κ1) is 14.8. The first-order valence-electron chi connectivity index (χ1n) is 6.87. The van der Waals surface area contributed by atoms with Crippen LogP contribution >= 0.6 is 15.9 Å². The molecule has 1 heterocycles. The quantitative estimate of drug-likeness (QED) is 0.925. The van der Waals surface area contributed by atoms with Gasteiger partial charge in [0, 0.05) is 36.3 Å². The Balaban J connectivity index is 2.32. The average molecular weight is 327 g/mol. The van der Waals surface area contributed by atoms with E-state index in [9.17, 15) is 5.11 Å². The van der Waals surface area contributed by atoms with Crippen LogP contribution in [0.15, 0.2) is 22.7 Å². The summed E-state index contributed by atoms with van der Waals surface area (Å²) in [6, 6.07) is 7.33. The molecule has 0 aromatic heterocycles. The fourth-order valence-electron chi connectivity index (χ4n) is 3.06. The summed E-state index contributed by atoms with van der Waals surface area (Å²) in [5.41, 5.74) is 2.50. The number of aliphatic hydroxyl groups is 1. The smallest absolute Gasteiger partial charge is 0.0516 e. The van der Waals surface area contributed by atoms with Gasteiger partial charge in [-0.3, -0.25) is 0 Å². The molecule has 1 fully saturated rings. The maximum atomic E-state index is 9.31. The van der Waals surface area contributed by atoms with Crippen molar-refractivity contribution in [1.29, 1.82) is 0 Å². The fraction of sp³-hybridized carbons (Fsp3) is 0.600. The lowest BCUT2D eigenvalue weighted by molar-refractivity contribution is 0.198. The van der Waals surface area contributed by atoms with Gasteiger partial charge in [-0.1, -0.05) is 6.07 Å². The molecule has 19 heavy (non-hydrogen) atoms. The van der Waals surface area contributed by atoms with Crippen molar-refractivity contribution >= 4 is 21.6 Å². The van der Waals surface area contributed by atoms with Gasteiger partial charge in [0.2, 0.25) is 0 Å². The third kappa shape index (κ3) is 3.30. The molecule has 0 bridgehead atoms. The predicted molar refractivity (Wildman–Crippen MR) is 83.8 cm³/mol. The Bertz CT molecular complexity index is 438. The lowest BCUT2D eigenvalue weighted by Gasteiger charge is -2.46. The van der Waals surface area contributed by atoms with Crippen molar-refractivity contribution in [2.24, 2.45) is 0 Å². The van der Waals surface area contributed by atoms with Crippen molar-refractivity contribution in [2.75, 3.05) is 31.6 Å². The molecule has 0 spiro atoms. The zero-order valence-electron chi connectivity index (χ0n) is 11.9. The molecular weight excluding hydrogens is 304 g/mol. The summed E-state index contributed by atoms with van der Waals surface area (Å²) >= 11 is 3.69. The van der Waals surface area contributed by atoms with Crippen LogP contribution in [0.4, 0.5) is 5.69 Å². The molecule has 3 nitrogen and oxygen atoms in total. The van der Waals surface area contributed by atoms with E-state index in [2.05, 4.69) is 64.8 Å². The molecular formula is C15H23BrN2O. The summed E-state index contributed by atoms with van der Waals surface area (Å²) in [6.45, 7) is 6.66. The number of anilines is 1. The molecule has 1 N–H and O–H groups in total. The number of benzene rings is 1. The van der Waals surface area contributed by atoms with Crippen LogP contribution in [0.25, 0.3) is 0 Å². The third-order valence-corrected chi connectivity index (χ3v) is 4.45. The van der Waals surface area contributed by atoms with Crippen molar-refractivity contribution in [1.82, 2.24) is 4.90 Å². The number of piperazine rings is 1. The Hall–Kier alpha value is -0.580. The van der Waals surface area contributed by atoms with Crippen LogP contribution in [-0.4, -0.2) is 48.8 Å². The molecule has 1 aromatic rings. The van der Waals surface area contributed by atoms with Gasteiger partial charge in [0.15, 0.2) is 0 Å². The van der Waals surface area contributed by atoms with Crippen LogP contribution in [0.1, 0.15) is 18.9 Å². The first-order valence-corrected chi connectivity index (χ1v) is 7.66. The first-order chi connectivity index (χ1) is 9.02. The Labute approximate surface area is 124 Å². The molecule has 106 valence electrons. The lowest BCUT2D eigenvalue weighted by Crippen LogP contribution is -2.57. The highest BCUT2D eigenvalue weighted by Gasteiger charge is 2.31. The van der Waals surface area contributed by atoms with E-state index in [0.29, 0.717) is 12.1 Å². The van der Waals surface area contributed by atoms with Gasteiger partial charge in [-0.2, -0.15) is 0 Å². The molecule has 1 saturated heterocycles. The second kappa shape index (κ2) is 6.25. The third-order valence-electron chi connectivity index (χ3n) is 3.81. The van der Waals surface area contributed by atoms with E-state index in [-0.39, 0.29) is 6.61 Å². The number of likely N-dealkylation sites (N-methyl/N-ethyl adjacent to an activating group) is 1. The summed E-state index contributed by atoms with van der Waals surface area (Å²) in [7, 11) is 2.16. The van der Waals surface area contributed by atoms with Crippen LogP contribution in [0, 0.1) is 6.92 Å². The maximum absolute atomic E-state index is 9.31. The molecule has 0 aliphatic carbocycles. The van der Waals surface area contributed by atoms with Gasteiger partial charge in [-0.15, -0.1) is 0 Å². The largest absolute Gasteiger partial charge is 0.396 e. The molecule has 1 aliphatic heterocycles. The highest BCUT2D eigenvalue weighted by atomic mass is 79.9. The molecule has 0 saturated carbocycles. The normalized spacial score (nSPS) is 24.8. The predicted octanol–water partition coefficient (Wildman–Crippen LogP) is 2.65. The highest BCUT2D eigenvalue weighted by molar-refractivity contribution is 9.10. The van der Waals surface area contributed by atoms with E-state index >= 15 is 0 Å². The molecule has 0 radical (unpaired) electrons. The maximum Gasteiger partial charge on any atom is 0.0516 e. The Morgan fingerprint density at radius 3 is 2.74 bits per heavy atom. The average Bonchev–Trinajstić information content (AvgIpc) is 2.31. The molecule has 0 amide bonds.